The molecule has 0 atom stereocenters. The predicted octanol–water partition coefficient (Wildman–Crippen LogP) is 4.39. The van der Waals surface area contributed by atoms with Gasteiger partial charge in [-0.3, -0.25) is 4.79 Å². The van der Waals surface area contributed by atoms with Gasteiger partial charge in [-0.15, -0.1) is 0 Å². The number of para-hydroxylation sites is 1. The zero-order chi connectivity index (χ0) is 13.8. The first kappa shape index (κ1) is 13.8. The maximum Gasteiger partial charge on any atom is 0.201 e. The standard InChI is InChI=1S/C14H9Cl2FO2/c15-9-6-11(14(16)12(17)7-9)13(18)8-19-10-4-2-1-3-5-10/h1-7H,8H2. The third-order valence-electron chi connectivity index (χ3n) is 2.41. The van der Waals surface area contributed by atoms with Crippen LogP contribution in [0.4, 0.5) is 4.39 Å². The molecule has 0 fully saturated rings. The molecular formula is C14H9Cl2FO2. The highest BCUT2D eigenvalue weighted by molar-refractivity contribution is 6.36. The molecule has 2 aromatic carbocycles. The maximum atomic E-state index is 13.4. The van der Waals surface area contributed by atoms with E-state index in [1.54, 1.807) is 24.3 Å². The Kier molecular flexibility index (Phi) is 4.40. The Morgan fingerprint density at radius 1 is 1.16 bits per heavy atom. The molecule has 0 heterocycles. The molecule has 5 heteroatoms. The molecule has 2 rings (SSSR count). The minimum Gasteiger partial charge on any atom is -0.485 e. The molecule has 0 saturated carbocycles. The second-order valence-corrected chi connectivity index (χ2v) is 4.59. The van der Waals surface area contributed by atoms with Crippen molar-refractivity contribution in [3.63, 3.8) is 0 Å². The number of Topliss-reactive ketones (excluding diaryl/α,β-unsaturated/α-hetero) is 1. The number of ketones is 1. The normalized spacial score (nSPS) is 10.3. The molecule has 19 heavy (non-hydrogen) atoms. The van der Waals surface area contributed by atoms with Gasteiger partial charge in [0.2, 0.25) is 5.78 Å². The number of hydrogen-bond donors (Lipinski definition) is 0. The number of benzene rings is 2. The minimum absolute atomic E-state index is 0.0163. The van der Waals surface area contributed by atoms with Crippen LogP contribution in [0.3, 0.4) is 0 Å². The van der Waals surface area contributed by atoms with E-state index in [0.717, 1.165) is 6.07 Å². The average molecular weight is 299 g/mol. The van der Waals surface area contributed by atoms with Crippen molar-refractivity contribution in [2.45, 2.75) is 0 Å². The van der Waals surface area contributed by atoms with E-state index in [0.29, 0.717) is 5.75 Å². The van der Waals surface area contributed by atoms with E-state index >= 15 is 0 Å². The van der Waals surface area contributed by atoms with Crippen LogP contribution in [0.2, 0.25) is 10.0 Å². The molecule has 0 aliphatic heterocycles. The summed E-state index contributed by atoms with van der Waals surface area (Å²) in [4.78, 5) is 11.9. The number of rotatable bonds is 4. The fourth-order valence-corrected chi connectivity index (χ4v) is 1.92. The summed E-state index contributed by atoms with van der Waals surface area (Å²) in [5.74, 6) is -0.609. The maximum absolute atomic E-state index is 13.4. The molecule has 2 aromatic rings. The van der Waals surface area contributed by atoms with E-state index in [1.807, 2.05) is 6.07 Å². The number of halogens is 3. The lowest BCUT2D eigenvalue weighted by Gasteiger charge is -2.07. The van der Waals surface area contributed by atoms with Crippen molar-refractivity contribution < 1.29 is 13.9 Å². The Morgan fingerprint density at radius 2 is 1.84 bits per heavy atom. The Bertz CT molecular complexity index is 600. The SMILES string of the molecule is O=C(COc1ccccc1)c1cc(Cl)cc(F)c1Cl. The predicted molar refractivity (Wildman–Crippen MR) is 72.7 cm³/mol. The molecule has 0 aromatic heterocycles. The summed E-state index contributed by atoms with van der Waals surface area (Å²) in [5, 5.41) is -0.129. The number of hydrogen-bond acceptors (Lipinski definition) is 2. The average Bonchev–Trinajstić information content (AvgIpc) is 2.41. The first-order valence-corrected chi connectivity index (χ1v) is 6.19. The Balaban J connectivity index is 2.13. The van der Waals surface area contributed by atoms with Crippen molar-refractivity contribution in [3.8, 4) is 5.75 Å². The Morgan fingerprint density at radius 3 is 2.53 bits per heavy atom. The first-order chi connectivity index (χ1) is 9.08. The monoisotopic (exact) mass is 298 g/mol. The largest absolute Gasteiger partial charge is 0.485 e. The van der Waals surface area contributed by atoms with E-state index in [4.69, 9.17) is 27.9 Å². The van der Waals surface area contributed by atoms with Crippen molar-refractivity contribution in [3.05, 3.63) is 63.9 Å². The van der Waals surface area contributed by atoms with Gasteiger partial charge in [0.25, 0.3) is 0 Å². The molecule has 0 bridgehead atoms. The molecule has 0 amide bonds. The van der Waals surface area contributed by atoms with Crippen LogP contribution in [0.5, 0.6) is 5.75 Å². The van der Waals surface area contributed by atoms with Gasteiger partial charge in [0, 0.05) is 10.6 Å². The number of carbonyl (C=O) groups excluding carboxylic acids is 1. The molecule has 0 aliphatic rings. The van der Waals surface area contributed by atoms with Crippen molar-refractivity contribution >= 4 is 29.0 Å². The fraction of sp³-hybridized carbons (Fsp3) is 0.0714. The molecule has 98 valence electrons. The lowest BCUT2D eigenvalue weighted by atomic mass is 10.1. The van der Waals surface area contributed by atoms with Crippen molar-refractivity contribution in [2.75, 3.05) is 6.61 Å². The zero-order valence-electron chi connectivity index (χ0n) is 9.70. The van der Waals surface area contributed by atoms with Crippen molar-refractivity contribution in [1.82, 2.24) is 0 Å². The lowest BCUT2D eigenvalue weighted by Crippen LogP contribution is -2.12. The van der Waals surface area contributed by atoms with Crippen LogP contribution in [-0.4, -0.2) is 12.4 Å². The summed E-state index contributed by atoms with van der Waals surface area (Å²) >= 11 is 11.4. The van der Waals surface area contributed by atoms with Crippen LogP contribution >= 0.6 is 23.2 Å². The molecule has 0 aliphatic carbocycles. The summed E-state index contributed by atoms with van der Waals surface area (Å²) in [6.07, 6.45) is 0. The van der Waals surface area contributed by atoms with Gasteiger partial charge in [0.15, 0.2) is 6.61 Å². The van der Waals surface area contributed by atoms with Crippen LogP contribution in [-0.2, 0) is 0 Å². The summed E-state index contributed by atoms with van der Waals surface area (Å²) in [5.41, 5.74) is 0.0163. The molecule has 0 saturated heterocycles. The van der Waals surface area contributed by atoms with Crippen LogP contribution in [0.15, 0.2) is 42.5 Å². The van der Waals surface area contributed by atoms with Crippen LogP contribution in [0.1, 0.15) is 10.4 Å². The third kappa shape index (κ3) is 3.46. The van der Waals surface area contributed by atoms with E-state index < -0.39 is 11.6 Å². The molecular weight excluding hydrogens is 290 g/mol. The van der Waals surface area contributed by atoms with Gasteiger partial charge in [-0.05, 0) is 24.3 Å². The summed E-state index contributed by atoms with van der Waals surface area (Å²) in [6.45, 7) is -0.233. The summed E-state index contributed by atoms with van der Waals surface area (Å²) in [7, 11) is 0. The first-order valence-electron chi connectivity index (χ1n) is 5.43. The summed E-state index contributed by atoms with van der Waals surface area (Å²) < 4.78 is 18.6. The van der Waals surface area contributed by atoms with Crippen LogP contribution in [0.25, 0.3) is 0 Å². The van der Waals surface area contributed by atoms with Gasteiger partial charge in [-0.25, -0.2) is 4.39 Å². The van der Waals surface area contributed by atoms with E-state index in [2.05, 4.69) is 0 Å². The van der Waals surface area contributed by atoms with Crippen LogP contribution in [0, 0.1) is 5.82 Å². The highest BCUT2D eigenvalue weighted by atomic mass is 35.5. The van der Waals surface area contributed by atoms with Crippen molar-refractivity contribution in [2.24, 2.45) is 0 Å². The fourth-order valence-electron chi connectivity index (χ4n) is 1.50. The Labute approximate surface area is 119 Å². The molecule has 0 spiro atoms. The minimum atomic E-state index is -0.725. The van der Waals surface area contributed by atoms with Gasteiger partial charge in [-0.1, -0.05) is 41.4 Å². The van der Waals surface area contributed by atoms with Gasteiger partial charge >= 0.3 is 0 Å². The quantitative estimate of drug-likeness (QED) is 0.618. The van der Waals surface area contributed by atoms with Crippen molar-refractivity contribution in [1.29, 1.82) is 0 Å². The highest BCUT2D eigenvalue weighted by Gasteiger charge is 2.15. The highest BCUT2D eigenvalue weighted by Crippen LogP contribution is 2.25. The molecule has 0 radical (unpaired) electrons. The Hall–Kier alpha value is -1.58. The third-order valence-corrected chi connectivity index (χ3v) is 3.01. The second-order valence-electron chi connectivity index (χ2n) is 3.77. The molecule has 0 N–H and O–H groups in total. The van der Waals surface area contributed by atoms with Gasteiger partial charge < -0.3 is 4.74 Å². The molecule has 0 unspecified atom stereocenters. The second kappa shape index (κ2) is 6.04. The zero-order valence-corrected chi connectivity index (χ0v) is 11.2. The lowest BCUT2D eigenvalue weighted by molar-refractivity contribution is 0.0921. The summed E-state index contributed by atoms with van der Waals surface area (Å²) in [6, 6.07) is 11.2. The topological polar surface area (TPSA) is 26.3 Å². The van der Waals surface area contributed by atoms with Gasteiger partial charge in [0.1, 0.15) is 11.6 Å². The number of ether oxygens (including phenoxy) is 1. The number of carbonyl (C=O) groups is 1. The van der Waals surface area contributed by atoms with E-state index in [-0.39, 0.29) is 22.2 Å². The van der Waals surface area contributed by atoms with E-state index in [9.17, 15) is 9.18 Å². The van der Waals surface area contributed by atoms with Gasteiger partial charge in [-0.2, -0.15) is 0 Å². The van der Waals surface area contributed by atoms with Crippen LogP contribution < -0.4 is 4.74 Å². The smallest absolute Gasteiger partial charge is 0.201 e. The van der Waals surface area contributed by atoms with Gasteiger partial charge in [0.05, 0.1) is 5.02 Å². The molecule has 2 nitrogen and oxygen atoms in total. The van der Waals surface area contributed by atoms with E-state index in [1.165, 1.54) is 6.07 Å².